The molecule has 1 aromatic carbocycles. The van der Waals surface area contributed by atoms with Gasteiger partial charge in [-0.2, -0.15) is 13.2 Å². The summed E-state index contributed by atoms with van der Waals surface area (Å²) in [7, 11) is 0. The molecular formula is C15H12F3N3. The largest absolute Gasteiger partial charge is 0.417 e. The van der Waals surface area contributed by atoms with Crippen LogP contribution in [-0.2, 0) is 12.7 Å². The average molecular weight is 291 g/mol. The minimum Gasteiger partial charge on any atom is -0.326 e. The third kappa shape index (κ3) is 2.38. The summed E-state index contributed by atoms with van der Waals surface area (Å²) in [4.78, 5) is 4.31. The van der Waals surface area contributed by atoms with Gasteiger partial charge in [-0.1, -0.05) is 24.3 Å². The smallest absolute Gasteiger partial charge is 0.326 e. The lowest BCUT2D eigenvalue weighted by Gasteiger charge is -2.10. The molecule has 0 saturated carbocycles. The van der Waals surface area contributed by atoms with E-state index < -0.39 is 11.7 Å². The predicted molar refractivity (Wildman–Crippen MR) is 73.5 cm³/mol. The Labute approximate surface area is 118 Å². The van der Waals surface area contributed by atoms with Gasteiger partial charge in [0.15, 0.2) is 0 Å². The molecule has 21 heavy (non-hydrogen) atoms. The van der Waals surface area contributed by atoms with Gasteiger partial charge in [0.05, 0.1) is 11.3 Å². The number of fused-ring (bicyclic) bond motifs is 1. The molecule has 3 rings (SSSR count). The van der Waals surface area contributed by atoms with Crippen molar-refractivity contribution in [2.24, 2.45) is 5.73 Å². The lowest BCUT2D eigenvalue weighted by atomic mass is 10.1. The Kier molecular flexibility index (Phi) is 3.17. The number of hydrogen-bond acceptors (Lipinski definition) is 2. The molecular weight excluding hydrogens is 279 g/mol. The summed E-state index contributed by atoms with van der Waals surface area (Å²) >= 11 is 0. The SMILES string of the molecule is NCc1cccn2cc(-c3ccccc3C(F)(F)F)nc12. The number of rotatable bonds is 2. The molecule has 0 fully saturated rings. The molecule has 0 amide bonds. The highest BCUT2D eigenvalue weighted by atomic mass is 19.4. The van der Waals surface area contributed by atoms with Crippen molar-refractivity contribution in [1.29, 1.82) is 0 Å². The lowest BCUT2D eigenvalue weighted by molar-refractivity contribution is -0.137. The highest BCUT2D eigenvalue weighted by molar-refractivity contribution is 5.68. The number of nitrogens with two attached hydrogens (primary N) is 1. The van der Waals surface area contributed by atoms with E-state index in [-0.39, 0.29) is 17.8 Å². The van der Waals surface area contributed by atoms with Crippen molar-refractivity contribution in [3.63, 3.8) is 0 Å². The number of halogens is 3. The fourth-order valence-electron chi connectivity index (χ4n) is 2.31. The number of pyridine rings is 1. The Balaban J connectivity index is 2.22. The zero-order chi connectivity index (χ0) is 15.0. The molecule has 0 atom stereocenters. The number of aromatic nitrogens is 2. The molecule has 0 bridgehead atoms. The Bertz CT molecular complexity index is 790. The van der Waals surface area contributed by atoms with Crippen molar-refractivity contribution in [2.75, 3.05) is 0 Å². The normalized spacial score (nSPS) is 12.0. The van der Waals surface area contributed by atoms with Gasteiger partial charge in [0.25, 0.3) is 0 Å². The summed E-state index contributed by atoms with van der Waals surface area (Å²) in [5.41, 5.74) is 6.65. The molecule has 0 radical (unpaired) electrons. The van der Waals surface area contributed by atoms with Gasteiger partial charge in [0, 0.05) is 30.1 Å². The fraction of sp³-hybridized carbons (Fsp3) is 0.133. The molecule has 2 N–H and O–H groups in total. The van der Waals surface area contributed by atoms with E-state index in [4.69, 9.17) is 5.73 Å². The highest BCUT2D eigenvalue weighted by Crippen LogP contribution is 2.36. The van der Waals surface area contributed by atoms with Crippen molar-refractivity contribution in [3.05, 3.63) is 59.9 Å². The second-order valence-electron chi connectivity index (χ2n) is 4.64. The third-order valence-electron chi connectivity index (χ3n) is 3.29. The van der Waals surface area contributed by atoms with E-state index in [0.717, 1.165) is 11.6 Å². The number of imidazole rings is 1. The van der Waals surface area contributed by atoms with Crippen LogP contribution in [0.3, 0.4) is 0 Å². The van der Waals surface area contributed by atoms with Crippen LogP contribution in [-0.4, -0.2) is 9.38 Å². The first kappa shape index (κ1) is 13.6. The van der Waals surface area contributed by atoms with Crippen LogP contribution in [0.25, 0.3) is 16.9 Å². The van der Waals surface area contributed by atoms with Gasteiger partial charge in [0.2, 0.25) is 0 Å². The van der Waals surface area contributed by atoms with Gasteiger partial charge < -0.3 is 10.1 Å². The predicted octanol–water partition coefficient (Wildman–Crippen LogP) is 3.48. The van der Waals surface area contributed by atoms with Crippen LogP contribution in [0.15, 0.2) is 48.8 Å². The molecule has 2 heterocycles. The first-order valence-electron chi connectivity index (χ1n) is 6.34. The maximum Gasteiger partial charge on any atom is 0.417 e. The molecule has 0 aliphatic carbocycles. The number of benzene rings is 1. The summed E-state index contributed by atoms with van der Waals surface area (Å²) in [6.45, 7) is 0.279. The van der Waals surface area contributed by atoms with Crippen LogP contribution in [0.2, 0.25) is 0 Å². The number of nitrogens with zero attached hydrogens (tertiary/aromatic N) is 2. The van der Waals surface area contributed by atoms with Crippen molar-refractivity contribution in [1.82, 2.24) is 9.38 Å². The van der Waals surface area contributed by atoms with Gasteiger partial charge in [-0.3, -0.25) is 0 Å². The quantitative estimate of drug-likeness (QED) is 0.785. The van der Waals surface area contributed by atoms with Crippen molar-refractivity contribution in [2.45, 2.75) is 12.7 Å². The first-order valence-corrected chi connectivity index (χ1v) is 6.34. The first-order chi connectivity index (χ1) is 10.0. The van der Waals surface area contributed by atoms with Gasteiger partial charge in [0.1, 0.15) is 5.65 Å². The van der Waals surface area contributed by atoms with Crippen LogP contribution < -0.4 is 5.73 Å². The van der Waals surface area contributed by atoms with Crippen molar-refractivity contribution < 1.29 is 13.2 Å². The summed E-state index contributed by atoms with van der Waals surface area (Å²) in [5, 5.41) is 0. The second-order valence-corrected chi connectivity index (χ2v) is 4.64. The minimum atomic E-state index is -4.41. The van der Waals surface area contributed by atoms with E-state index in [9.17, 15) is 13.2 Å². The summed E-state index contributed by atoms with van der Waals surface area (Å²) in [5.74, 6) is 0. The molecule has 0 aliphatic rings. The zero-order valence-electron chi connectivity index (χ0n) is 10.9. The van der Waals surface area contributed by atoms with E-state index >= 15 is 0 Å². The van der Waals surface area contributed by atoms with Gasteiger partial charge in [-0.05, 0) is 12.1 Å². The molecule has 108 valence electrons. The van der Waals surface area contributed by atoms with E-state index in [1.807, 2.05) is 6.07 Å². The molecule has 3 nitrogen and oxygen atoms in total. The van der Waals surface area contributed by atoms with Gasteiger partial charge >= 0.3 is 6.18 Å². The Morgan fingerprint density at radius 2 is 1.86 bits per heavy atom. The van der Waals surface area contributed by atoms with Gasteiger partial charge in [-0.15, -0.1) is 0 Å². The maximum atomic E-state index is 13.1. The summed E-state index contributed by atoms with van der Waals surface area (Å²) in [6.07, 6.45) is -1.09. The number of hydrogen-bond donors (Lipinski definition) is 1. The topological polar surface area (TPSA) is 43.3 Å². The standard InChI is InChI=1S/C15H12F3N3/c16-15(17,18)12-6-2-1-5-11(12)13-9-21-7-3-4-10(8-19)14(21)20-13/h1-7,9H,8,19H2. The lowest BCUT2D eigenvalue weighted by Crippen LogP contribution is -2.06. The molecule has 6 heteroatoms. The van der Waals surface area contributed by atoms with E-state index in [1.165, 1.54) is 12.1 Å². The minimum absolute atomic E-state index is 0.0664. The monoisotopic (exact) mass is 291 g/mol. The van der Waals surface area contributed by atoms with Crippen molar-refractivity contribution >= 4 is 5.65 Å². The molecule has 0 aliphatic heterocycles. The second kappa shape index (κ2) is 4.89. The van der Waals surface area contributed by atoms with E-state index in [1.54, 1.807) is 28.9 Å². The molecule has 0 unspecified atom stereocenters. The van der Waals surface area contributed by atoms with Crippen LogP contribution in [0.5, 0.6) is 0 Å². The van der Waals surface area contributed by atoms with Crippen LogP contribution >= 0.6 is 0 Å². The molecule has 0 saturated heterocycles. The molecule has 0 spiro atoms. The Morgan fingerprint density at radius 3 is 2.57 bits per heavy atom. The molecule has 2 aromatic heterocycles. The molecule has 3 aromatic rings. The third-order valence-corrected chi connectivity index (χ3v) is 3.29. The summed E-state index contributed by atoms with van der Waals surface area (Å²) in [6, 6.07) is 9.01. The fourth-order valence-corrected chi connectivity index (χ4v) is 2.31. The van der Waals surface area contributed by atoms with Gasteiger partial charge in [-0.25, -0.2) is 4.98 Å². The Hall–Kier alpha value is -2.34. The summed E-state index contributed by atoms with van der Waals surface area (Å²) < 4.78 is 40.9. The van der Waals surface area contributed by atoms with E-state index in [2.05, 4.69) is 4.98 Å². The number of alkyl halides is 3. The van der Waals surface area contributed by atoms with E-state index in [0.29, 0.717) is 5.65 Å². The highest BCUT2D eigenvalue weighted by Gasteiger charge is 2.33. The Morgan fingerprint density at radius 1 is 1.10 bits per heavy atom. The zero-order valence-corrected chi connectivity index (χ0v) is 10.9. The van der Waals surface area contributed by atoms with Crippen LogP contribution in [0.4, 0.5) is 13.2 Å². The van der Waals surface area contributed by atoms with Crippen LogP contribution in [0.1, 0.15) is 11.1 Å². The average Bonchev–Trinajstić information content (AvgIpc) is 2.90. The maximum absolute atomic E-state index is 13.1. The van der Waals surface area contributed by atoms with Crippen LogP contribution in [0, 0.1) is 0 Å². The van der Waals surface area contributed by atoms with Crippen molar-refractivity contribution in [3.8, 4) is 11.3 Å².